The van der Waals surface area contributed by atoms with E-state index in [0.717, 1.165) is 20.8 Å². The second-order valence-electron chi connectivity index (χ2n) is 3.63. The van der Waals surface area contributed by atoms with Gasteiger partial charge in [0.15, 0.2) is 0 Å². The first kappa shape index (κ1) is 13.9. The molecule has 0 radical (unpaired) electrons. The van der Waals surface area contributed by atoms with Gasteiger partial charge in [-0.1, -0.05) is 12.1 Å². The van der Waals surface area contributed by atoms with Crippen molar-refractivity contribution in [3.63, 3.8) is 0 Å². The van der Waals surface area contributed by atoms with Crippen molar-refractivity contribution in [2.45, 2.75) is 11.6 Å². The normalized spacial score (nSPS) is 13.6. The third-order valence-electron chi connectivity index (χ3n) is 2.35. The lowest BCUT2D eigenvalue weighted by atomic mass is 10.1. The molecule has 0 saturated carbocycles. The standard InChI is InChI=1S/C12H7BrClF3S/c13-10-5-4-9(18-10)11(14)7-2-1-3-8(6-7)12(15,16)17/h1-6,11H. The van der Waals surface area contributed by atoms with E-state index in [4.69, 9.17) is 11.6 Å². The Hall–Kier alpha value is -0.520. The fourth-order valence-electron chi connectivity index (χ4n) is 1.50. The van der Waals surface area contributed by atoms with Crippen LogP contribution in [0.15, 0.2) is 40.2 Å². The average molecular weight is 356 g/mol. The smallest absolute Gasteiger partial charge is 0.166 e. The fraction of sp³-hybridized carbons (Fsp3) is 0.167. The van der Waals surface area contributed by atoms with Gasteiger partial charge in [0.1, 0.15) is 0 Å². The van der Waals surface area contributed by atoms with Crippen molar-refractivity contribution in [2.24, 2.45) is 0 Å². The molecule has 0 spiro atoms. The Balaban J connectivity index is 2.34. The van der Waals surface area contributed by atoms with Gasteiger partial charge in [-0.15, -0.1) is 22.9 Å². The van der Waals surface area contributed by atoms with Crippen LogP contribution < -0.4 is 0 Å². The number of benzene rings is 1. The number of alkyl halides is 4. The Morgan fingerprint density at radius 1 is 1.17 bits per heavy atom. The van der Waals surface area contributed by atoms with Gasteiger partial charge in [0, 0.05) is 4.88 Å². The molecule has 6 heteroatoms. The van der Waals surface area contributed by atoms with Crippen LogP contribution in [0.4, 0.5) is 13.2 Å². The molecule has 1 aromatic carbocycles. The van der Waals surface area contributed by atoms with E-state index in [0.29, 0.717) is 5.56 Å². The van der Waals surface area contributed by atoms with Crippen LogP contribution in [0, 0.1) is 0 Å². The summed E-state index contributed by atoms with van der Waals surface area (Å²) in [6.07, 6.45) is -4.34. The van der Waals surface area contributed by atoms with Gasteiger partial charge in [-0.05, 0) is 45.8 Å². The topological polar surface area (TPSA) is 0 Å². The van der Waals surface area contributed by atoms with Gasteiger partial charge in [-0.3, -0.25) is 0 Å². The van der Waals surface area contributed by atoms with Crippen LogP contribution in [0.3, 0.4) is 0 Å². The van der Waals surface area contributed by atoms with E-state index in [9.17, 15) is 13.2 Å². The maximum atomic E-state index is 12.6. The summed E-state index contributed by atoms with van der Waals surface area (Å²) in [5.41, 5.74) is -0.234. The monoisotopic (exact) mass is 354 g/mol. The molecular weight excluding hydrogens is 349 g/mol. The van der Waals surface area contributed by atoms with E-state index in [1.165, 1.54) is 17.4 Å². The van der Waals surface area contributed by atoms with Crippen molar-refractivity contribution in [1.29, 1.82) is 0 Å². The summed E-state index contributed by atoms with van der Waals surface area (Å²) in [4.78, 5) is 0.808. The van der Waals surface area contributed by atoms with E-state index in [1.54, 1.807) is 12.1 Å². The first-order valence-corrected chi connectivity index (χ1v) is 6.99. The molecule has 0 nitrogen and oxygen atoms in total. The van der Waals surface area contributed by atoms with Gasteiger partial charge in [-0.2, -0.15) is 13.2 Å². The van der Waals surface area contributed by atoms with Crippen molar-refractivity contribution >= 4 is 38.9 Å². The molecule has 1 aromatic heterocycles. The van der Waals surface area contributed by atoms with Gasteiger partial charge < -0.3 is 0 Å². The zero-order valence-corrected chi connectivity index (χ0v) is 12.0. The first-order valence-electron chi connectivity index (χ1n) is 4.94. The molecular formula is C12H7BrClF3S. The minimum absolute atomic E-state index is 0.445. The number of rotatable bonds is 2. The molecule has 2 rings (SSSR count). The highest BCUT2D eigenvalue weighted by Gasteiger charge is 2.31. The molecule has 0 aliphatic rings. The Labute approximate surface area is 120 Å². The van der Waals surface area contributed by atoms with Crippen LogP contribution in [0.5, 0.6) is 0 Å². The van der Waals surface area contributed by atoms with E-state index in [-0.39, 0.29) is 0 Å². The van der Waals surface area contributed by atoms with Gasteiger partial charge in [-0.25, -0.2) is 0 Å². The molecule has 0 amide bonds. The summed E-state index contributed by atoms with van der Waals surface area (Å²) in [5, 5.41) is -0.566. The van der Waals surface area contributed by atoms with E-state index in [1.807, 2.05) is 6.07 Å². The van der Waals surface area contributed by atoms with Crippen LogP contribution in [0.2, 0.25) is 0 Å². The van der Waals surface area contributed by atoms with Crippen LogP contribution >= 0.6 is 38.9 Å². The molecule has 1 atom stereocenters. The highest BCUT2D eigenvalue weighted by Crippen LogP contribution is 2.37. The quantitative estimate of drug-likeness (QED) is 0.592. The SMILES string of the molecule is FC(F)(F)c1cccc(C(Cl)c2ccc(Br)s2)c1. The average Bonchev–Trinajstić information content (AvgIpc) is 2.74. The molecule has 2 aromatic rings. The second kappa shape index (κ2) is 5.23. The van der Waals surface area contributed by atoms with Crippen molar-refractivity contribution < 1.29 is 13.2 Å². The molecule has 1 unspecified atom stereocenters. The lowest BCUT2D eigenvalue weighted by Crippen LogP contribution is -2.05. The third kappa shape index (κ3) is 3.08. The van der Waals surface area contributed by atoms with E-state index >= 15 is 0 Å². The van der Waals surface area contributed by atoms with Crippen molar-refractivity contribution in [2.75, 3.05) is 0 Å². The molecule has 18 heavy (non-hydrogen) atoms. The summed E-state index contributed by atoms with van der Waals surface area (Å²) in [5.74, 6) is 0. The van der Waals surface area contributed by atoms with Crippen molar-refractivity contribution in [3.05, 3.63) is 56.2 Å². The van der Waals surface area contributed by atoms with Crippen molar-refractivity contribution in [3.8, 4) is 0 Å². The van der Waals surface area contributed by atoms with Gasteiger partial charge in [0.05, 0.1) is 14.7 Å². The summed E-state index contributed by atoms with van der Waals surface area (Å²) in [7, 11) is 0. The van der Waals surface area contributed by atoms with E-state index < -0.39 is 17.1 Å². The number of hydrogen-bond acceptors (Lipinski definition) is 1. The van der Waals surface area contributed by atoms with Crippen LogP contribution in [-0.4, -0.2) is 0 Å². The number of hydrogen-bond donors (Lipinski definition) is 0. The summed E-state index contributed by atoms with van der Waals surface area (Å²) in [6, 6.07) is 8.72. The summed E-state index contributed by atoms with van der Waals surface area (Å²) >= 11 is 10.9. The highest BCUT2D eigenvalue weighted by atomic mass is 79.9. The summed E-state index contributed by atoms with van der Waals surface area (Å²) < 4.78 is 38.7. The van der Waals surface area contributed by atoms with Gasteiger partial charge in [0.2, 0.25) is 0 Å². The van der Waals surface area contributed by atoms with Crippen LogP contribution in [0.1, 0.15) is 21.4 Å². The molecule has 0 fully saturated rings. The molecule has 0 aliphatic heterocycles. The third-order valence-corrected chi connectivity index (χ3v) is 4.66. The molecule has 1 heterocycles. The van der Waals surface area contributed by atoms with E-state index in [2.05, 4.69) is 15.9 Å². The fourth-order valence-corrected chi connectivity index (χ4v) is 3.27. The van der Waals surface area contributed by atoms with Crippen molar-refractivity contribution in [1.82, 2.24) is 0 Å². The summed E-state index contributed by atoms with van der Waals surface area (Å²) in [6.45, 7) is 0. The first-order chi connectivity index (χ1) is 8.38. The zero-order valence-electron chi connectivity index (χ0n) is 8.84. The number of halogens is 5. The molecule has 96 valence electrons. The molecule has 0 bridgehead atoms. The lowest BCUT2D eigenvalue weighted by molar-refractivity contribution is -0.137. The second-order valence-corrected chi connectivity index (χ2v) is 6.56. The largest absolute Gasteiger partial charge is 0.416 e. The zero-order chi connectivity index (χ0) is 13.3. The minimum Gasteiger partial charge on any atom is -0.166 e. The Morgan fingerprint density at radius 2 is 1.89 bits per heavy atom. The maximum Gasteiger partial charge on any atom is 0.416 e. The lowest BCUT2D eigenvalue weighted by Gasteiger charge is -2.11. The minimum atomic E-state index is -4.34. The molecule has 0 N–H and O–H groups in total. The molecule has 0 saturated heterocycles. The van der Waals surface area contributed by atoms with Gasteiger partial charge >= 0.3 is 6.18 Å². The maximum absolute atomic E-state index is 12.6. The Bertz CT molecular complexity index is 550. The molecule has 0 aliphatic carbocycles. The number of thiophene rings is 1. The highest BCUT2D eigenvalue weighted by molar-refractivity contribution is 9.11. The predicted molar refractivity (Wildman–Crippen MR) is 71.2 cm³/mol. The Morgan fingerprint density at radius 3 is 2.44 bits per heavy atom. The van der Waals surface area contributed by atoms with Crippen LogP contribution in [0.25, 0.3) is 0 Å². The predicted octanol–water partition coefficient (Wildman–Crippen LogP) is 5.86. The Kier molecular flexibility index (Phi) is 4.04. The van der Waals surface area contributed by atoms with Gasteiger partial charge in [0.25, 0.3) is 0 Å². The van der Waals surface area contributed by atoms with Crippen LogP contribution in [-0.2, 0) is 6.18 Å².